The fraction of sp³-hybridized carbons (Fsp3) is 0.353. The van der Waals surface area contributed by atoms with Crippen molar-refractivity contribution >= 4 is 22.6 Å². The molecular formula is C17H21N5O. The Morgan fingerprint density at radius 3 is 2.83 bits per heavy atom. The number of amides is 1. The summed E-state index contributed by atoms with van der Waals surface area (Å²) in [4.78, 5) is 16.0. The number of carbonyl (C=O) groups is 1. The third-order valence-electron chi connectivity index (χ3n) is 3.56. The largest absolute Gasteiger partial charge is 0.326 e. The van der Waals surface area contributed by atoms with E-state index in [1.807, 2.05) is 35.1 Å². The Kier molecular flexibility index (Phi) is 4.14. The lowest BCUT2D eigenvalue weighted by Gasteiger charge is -2.12. The number of imidazole rings is 1. The van der Waals surface area contributed by atoms with Crippen LogP contribution < -0.4 is 5.32 Å². The maximum Gasteiger partial charge on any atom is 0.221 e. The normalized spacial score (nSPS) is 11.3. The van der Waals surface area contributed by atoms with Gasteiger partial charge < -0.3 is 9.88 Å². The summed E-state index contributed by atoms with van der Waals surface area (Å²) in [7, 11) is 0. The molecule has 0 fully saturated rings. The number of carbonyl (C=O) groups excluding carboxylic acids is 1. The predicted molar refractivity (Wildman–Crippen MR) is 90.2 cm³/mol. The van der Waals surface area contributed by atoms with E-state index in [4.69, 9.17) is 4.98 Å². The highest BCUT2D eigenvalue weighted by Crippen LogP contribution is 2.22. The van der Waals surface area contributed by atoms with Gasteiger partial charge in [-0.25, -0.2) is 4.98 Å². The van der Waals surface area contributed by atoms with E-state index in [1.54, 1.807) is 6.20 Å². The summed E-state index contributed by atoms with van der Waals surface area (Å²) in [6.45, 7) is 7.41. The van der Waals surface area contributed by atoms with Gasteiger partial charge in [0, 0.05) is 31.5 Å². The molecule has 0 unspecified atom stereocenters. The van der Waals surface area contributed by atoms with Crippen LogP contribution in [0.1, 0.15) is 26.6 Å². The monoisotopic (exact) mass is 311 g/mol. The van der Waals surface area contributed by atoms with E-state index in [0.717, 1.165) is 29.1 Å². The van der Waals surface area contributed by atoms with E-state index in [2.05, 4.69) is 28.8 Å². The number of hydrogen-bond acceptors (Lipinski definition) is 3. The summed E-state index contributed by atoms with van der Waals surface area (Å²) in [5.41, 5.74) is 2.74. The molecular weight excluding hydrogens is 290 g/mol. The number of aromatic nitrogens is 4. The maximum atomic E-state index is 11.2. The number of nitrogens with zero attached hydrogens (tertiary/aromatic N) is 4. The first kappa shape index (κ1) is 15.3. The van der Waals surface area contributed by atoms with Crippen molar-refractivity contribution in [2.75, 3.05) is 5.32 Å². The van der Waals surface area contributed by atoms with Crippen molar-refractivity contribution in [2.45, 2.75) is 33.9 Å². The number of rotatable bonds is 5. The standard InChI is InChI=1S/C17H21N5O/c1-12(2)10-22-16-6-5-14(19-13(3)23)9-15(16)20-17(22)11-21-8-4-7-18-21/h4-9,12H,10-11H2,1-3H3,(H,19,23). The number of nitrogens with one attached hydrogen (secondary N) is 1. The lowest BCUT2D eigenvalue weighted by molar-refractivity contribution is -0.114. The molecule has 0 saturated heterocycles. The summed E-state index contributed by atoms with van der Waals surface area (Å²) in [5, 5.41) is 7.07. The number of fused-ring (bicyclic) bond motifs is 1. The molecule has 6 nitrogen and oxygen atoms in total. The molecule has 0 atom stereocenters. The van der Waals surface area contributed by atoms with Gasteiger partial charge in [0.1, 0.15) is 5.82 Å². The van der Waals surface area contributed by atoms with E-state index < -0.39 is 0 Å². The van der Waals surface area contributed by atoms with Crippen LogP contribution in [0.2, 0.25) is 0 Å². The molecule has 1 N–H and O–H groups in total. The Bertz CT molecular complexity index is 817. The summed E-state index contributed by atoms with van der Waals surface area (Å²) in [6.07, 6.45) is 3.70. The quantitative estimate of drug-likeness (QED) is 0.788. The van der Waals surface area contributed by atoms with Gasteiger partial charge in [-0.05, 0) is 30.2 Å². The van der Waals surface area contributed by atoms with Gasteiger partial charge in [-0.3, -0.25) is 9.48 Å². The van der Waals surface area contributed by atoms with Crippen LogP contribution >= 0.6 is 0 Å². The molecule has 0 spiro atoms. The van der Waals surface area contributed by atoms with Crippen LogP contribution in [0.3, 0.4) is 0 Å². The van der Waals surface area contributed by atoms with Crippen LogP contribution in [0.15, 0.2) is 36.7 Å². The van der Waals surface area contributed by atoms with E-state index >= 15 is 0 Å². The minimum atomic E-state index is -0.0808. The zero-order chi connectivity index (χ0) is 16.4. The van der Waals surface area contributed by atoms with Gasteiger partial charge in [0.2, 0.25) is 5.91 Å². The van der Waals surface area contributed by atoms with Crippen LogP contribution in [0, 0.1) is 5.92 Å². The highest BCUT2D eigenvalue weighted by Gasteiger charge is 2.13. The second-order valence-corrected chi connectivity index (χ2v) is 6.12. The number of hydrogen-bond donors (Lipinski definition) is 1. The van der Waals surface area contributed by atoms with Gasteiger partial charge in [-0.2, -0.15) is 5.10 Å². The topological polar surface area (TPSA) is 64.7 Å². The zero-order valence-corrected chi connectivity index (χ0v) is 13.7. The predicted octanol–water partition coefficient (Wildman–Crippen LogP) is 2.90. The van der Waals surface area contributed by atoms with E-state index in [9.17, 15) is 4.79 Å². The highest BCUT2D eigenvalue weighted by atomic mass is 16.1. The summed E-state index contributed by atoms with van der Waals surface area (Å²) < 4.78 is 4.10. The van der Waals surface area contributed by atoms with Crippen LogP contribution in [0.5, 0.6) is 0 Å². The SMILES string of the molecule is CC(=O)Nc1ccc2c(c1)nc(Cn1cccn1)n2CC(C)C. The molecule has 1 aromatic carbocycles. The van der Waals surface area contributed by atoms with Crippen molar-refractivity contribution in [2.24, 2.45) is 5.92 Å². The summed E-state index contributed by atoms with van der Waals surface area (Å²) in [5.74, 6) is 1.40. The fourth-order valence-electron chi connectivity index (χ4n) is 2.69. The van der Waals surface area contributed by atoms with Crippen molar-refractivity contribution in [1.82, 2.24) is 19.3 Å². The van der Waals surface area contributed by atoms with Gasteiger partial charge in [0.25, 0.3) is 0 Å². The smallest absolute Gasteiger partial charge is 0.221 e. The molecule has 2 heterocycles. The third-order valence-corrected chi connectivity index (χ3v) is 3.56. The molecule has 0 radical (unpaired) electrons. The van der Waals surface area contributed by atoms with Crippen molar-refractivity contribution in [3.05, 3.63) is 42.5 Å². The second kappa shape index (κ2) is 6.24. The van der Waals surface area contributed by atoms with Crippen LogP contribution in [-0.4, -0.2) is 25.2 Å². The molecule has 0 bridgehead atoms. The molecule has 0 aliphatic heterocycles. The van der Waals surface area contributed by atoms with Gasteiger partial charge >= 0.3 is 0 Å². The molecule has 3 aromatic rings. The molecule has 120 valence electrons. The lowest BCUT2D eigenvalue weighted by atomic mass is 10.2. The Morgan fingerprint density at radius 1 is 1.35 bits per heavy atom. The Balaban J connectivity index is 2.03. The molecule has 0 aliphatic carbocycles. The van der Waals surface area contributed by atoms with Gasteiger partial charge in [0.05, 0.1) is 17.6 Å². The summed E-state index contributed by atoms with van der Waals surface area (Å²) in [6, 6.07) is 7.76. The van der Waals surface area contributed by atoms with Crippen LogP contribution in [0.25, 0.3) is 11.0 Å². The lowest BCUT2D eigenvalue weighted by Crippen LogP contribution is -2.12. The molecule has 6 heteroatoms. The Hall–Kier alpha value is -2.63. The van der Waals surface area contributed by atoms with Gasteiger partial charge in [-0.1, -0.05) is 13.8 Å². The van der Waals surface area contributed by atoms with Crippen LogP contribution in [-0.2, 0) is 17.9 Å². The van der Waals surface area contributed by atoms with Crippen molar-refractivity contribution < 1.29 is 4.79 Å². The Morgan fingerprint density at radius 2 is 2.17 bits per heavy atom. The first-order chi connectivity index (χ1) is 11.0. The average Bonchev–Trinajstić information content (AvgIpc) is 3.07. The first-order valence-electron chi connectivity index (χ1n) is 7.77. The van der Waals surface area contributed by atoms with Gasteiger partial charge in [0.15, 0.2) is 0 Å². The Labute approximate surface area is 135 Å². The molecule has 1 amide bonds. The van der Waals surface area contributed by atoms with Crippen molar-refractivity contribution in [1.29, 1.82) is 0 Å². The average molecular weight is 311 g/mol. The zero-order valence-electron chi connectivity index (χ0n) is 13.7. The first-order valence-corrected chi connectivity index (χ1v) is 7.77. The molecule has 2 aromatic heterocycles. The number of anilines is 1. The van der Waals surface area contributed by atoms with E-state index in [-0.39, 0.29) is 5.91 Å². The van der Waals surface area contributed by atoms with E-state index in [1.165, 1.54) is 6.92 Å². The molecule has 0 aliphatic rings. The number of benzene rings is 1. The minimum Gasteiger partial charge on any atom is -0.326 e. The minimum absolute atomic E-state index is 0.0808. The van der Waals surface area contributed by atoms with Crippen molar-refractivity contribution in [3.8, 4) is 0 Å². The van der Waals surface area contributed by atoms with Crippen molar-refractivity contribution in [3.63, 3.8) is 0 Å². The van der Waals surface area contributed by atoms with Crippen LogP contribution in [0.4, 0.5) is 5.69 Å². The molecule has 23 heavy (non-hydrogen) atoms. The second-order valence-electron chi connectivity index (χ2n) is 6.12. The third kappa shape index (κ3) is 3.41. The highest BCUT2D eigenvalue weighted by molar-refractivity contribution is 5.91. The fourth-order valence-corrected chi connectivity index (χ4v) is 2.69. The van der Waals surface area contributed by atoms with Gasteiger partial charge in [-0.15, -0.1) is 0 Å². The molecule has 0 saturated carbocycles. The summed E-state index contributed by atoms with van der Waals surface area (Å²) >= 11 is 0. The van der Waals surface area contributed by atoms with E-state index in [0.29, 0.717) is 12.5 Å². The maximum absolute atomic E-state index is 11.2. The molecule has 3 rings (SSSR count).